The smallest absolute Gasteiger partial charge is 0.296 e. The van der Waals surface area contributed by atoms with Crippen LogP contribution in [0, 0.1) is 5.41 Å². The number of rotatable bonds is 8. The highest BCUT2D eigenvalue weighted by molar-refractivity contribution is 7.89. The summed E-state index contributed by atoms with van der Waals surface area (Å²) < 4.78 is 70.4. The van der Waals surface area contributed by atoms with Crippen LogP contribution in [0.2, 0.25) is 5.02 Å². The fourth-order valence-corrected chi connectivity index (χ4v) is 5.65. The third kappa shape index (κ3) is 7.56. The third-order valence-corrected chi connectivity index (χ3v) is 8.36. The molecule has 10 nitrogen and oxygen atoms in total. The normalized spacial score (nSPS) is 12.9. The molecule has 4 rings (SSSR count). The van der Waals surface area contributed by atoms with Gasteiger partial charge in [0.15, 0.2) is 0 Å². The zero-order chi connectivity index (χ0) is 29.0. The van der Waals surface area contributed by atoms with Gasteiger partial charge in [-0.3, -0.25) is 18.5 Å². The van der Waals surface area contributed by atoms with Crippen molar-refractivity contribution in [2.45, 2.75) is 29.9 Å². The summed E-state index contributed by atoms with van der Waals surface area (Å²) in [4.78, 5) is 15.0. The highest BCUT2D eigenvalue weighted by atomic mass is 35.5. The first-order valence-corrected chi connectivity index (χ1v) is 14.9. The van der Waals surface area contributed by atoms with Gasteiger partial charge >= 0.3 is 0 Å². The lowest BCUT2D eigenvalue weighted by Crippen LogP contribution is -2.36. The molecular weight excluding hydrogens is 591 g/mol. The standard InChI is InChI=1S/C15H16Cl2N2O2.C10H8O6S2/c1-15(2,9-16)13(20)14(19-8-7-18-10-19)21-12-5-3-11(17)4-6-12;11-17(12,13)9-6-5-7-3-1-2-4-8(7)10(9)18(14,15)16/h3-8,10,14H,9H2,1-2H3;1-6H,(H,11,12,13)(H,14,15,16). The molecule has 0 aliphatic heterocycles. The topological polar surface area (TPSA) is 153 Å². The largest absolute Gasteiger partial charge is 0.463 e. The fraction of sp³-hybridized carbons (Fsp3) is 0.200. The first-order chi connectivity index (χ1) is 18.1. The minimum absolute atomic E-state index is 0.0233. The molecule has 0 aliphatic carbocycles. The number of carbonyl (C=O) groups excluding carboxylic acids is 1. The average Bonchev–Trinajstić information content (AvgIpc) is 3.41. The van der Waals surface area contributed by atoms with Crippen molar-refractivity contribution in [3.05, 3.63) is 84.4 Å². The van der Waals surface area contributed by atoms with Crippen LogP contribution in [0.5, 0.6) is 5.75 Å². The number of fused-ring (bicyclic) bond motifs is 1. The van der Waals surface area contributed by atoms with Gasteiger partial charge in [0.2, 0.25) is 12.0 Å². The summed E-state index contributed by atoms with van der Waals surface area (Å²) in [5, 5.41) is 1.06. The second-order valence-electron chi connectivity index (χ2n) is 8.88. The van der Waals surface area contributed by atoms with E-state index in [4.69, 9.17) is 37.0 Å². The van der Waals surface area contributed by atoms with Gasteiger partial charge in [-0.05, 0) is 35.7 Å². The summed E-state index contributed by atoms with van der Waals surface area (Å²) in [5.74, 6) is 0.642. The van der Waals surface area contributed by atoms with Crippen LogP contribution < -0.4 is 4.74 Å². The predicted molar refractivity (Wildman–Crippen MR) is 146 cm³/mol. The molecule has 0 amide bonds. The Hall–Kier alpha value is -3.00. The number of imidazole rings is 1. The van der Waals surface area contributed by atoms with Gasteiger partial charge in [-0.1, -0.05) is 55.8 Å². The molecule has 0 fully saturated rings. The minimum atomic E-state index is -4.78. The molecule has 1 unspecified atom stereocenters. The van der Waals surface area contributed by atoms with Gasteiger partial charge in [0.05, 0.1) is 6.33 Å². The van der Waals surface area contributed by atoms with E-state index in [0.717, 1.165) is 6.07 Å². The zero-order valence-electron chi connectivity index (χ0n) is 20.6. The van der Waals surface area contributed by atoms with Gasteiger partial charge in [-0.25, -0.2) is 4.98 Å². The molecule has 0 spiro atoms. The van der Waals surface area contributed by atoms with E-state index in [2.05, 4.69) is 4.98 Å². The van der Waals surface area contributed by atoms with Crippen LogP contribution in [0.15, 0.2) is 89.2 Å². The molecule has 1 aromatic heterocycles. The summed E-state index contributed by atoms with van der Waals surface area (Å²) >= 11 is 11.7. The fourth-order valence-electron chi connectivity index (χ4n) is 3.39. The maximum absolute atomic E-state index is 12.7. The van der Waals surface area contributed by atoms with E-state index in [0.29, 0.717) is 16.2 Å². The molecule has 0 bridgehead atoms. The molecular formula is C25H24Cl2N2O8S2. The number of Topliss-reactive ketones (excluding diaryl/α,β-unsaturated/α-hetero) is 1. The Balaban J connectivity index is 0.000000218. The quantitative estimate of drug-likeness (QED) is 0.199. The number of alkyl halides is 1. The number of hydrogen-bond donors (Lipinski definition) is 2. The third-order valence-electron chi connectivity index (χ3n) is 5.46. The number of hydrogen-bond acceptors (Lipinski definition) is 7. The van der Waals surface area contributed by atoms with Crippen molar-refractivity contribution < 1.29 is 35.5 Å². The van der Waals surface area contributed by atoms with Gasteiger partial charge in [-0.15, -0.1) is 11.6 Å². The van der Waals surface area contributed by atoms with E-state index in [1.807, 2.05) is 0 Å². The molecule has 0 radical (unpaired) electrons. The van der Waals surface area contributed by atoms with Crippen molar-refractivity contribution >= 4 is 60.0 Å². The van der Waals surface area contributed by atoms with Crippen molar-refractivity contribution in [2.24, 2.45) is 5.41 Å². The molecule has 1 atom stereocenters. The van der Waals surface area contributed by atoms with Crippen molar-refractivity contribution in [3.63, 3.8) is 0 Å². The van der Waals surface area contributed by atoms with Crippen LogP contribution in [0.3, 0.4) is 0 Å². The lowest BCUT2D eigenvalue weighted by molar-refractivity contribution is -0.137. The second-order valence-corrected chi connectivity index (χ2v) is 12.3. The van der Waals surface area contributed by atoms with Gasteiger partial charge in [0.1, 0.15) is 15.5 Å². The number of ether oxygens (including phenoxy) is 1. The maximum atomic E-state index is 12.7. The van der Waals surface area contributed by atoms with Gasteiger partial charge in [0.25, 0.3) is 20.2 Å². The first kappa shape index (κ1) is 30.5. The van der Waals surface area contributed by atoms with Crippen LogP contribution >= 0.6 is 23.2 Å². The molecule has 0 saturated heterocycles. The monoisotopic (exact) mass is 614 g/mol. The van der Waals surface area contributed by atoms with Crippen molar-refractivity contribution in [1.82, 2.24) is 9.55 Å². The van der Waals surface area contributed by atoms with Crippen LogP contribution in [-0.2, 0) is 25.0 Å². The average molecular weight is 616 g/mol. The van der Waals surface area contributed by atoms with Crippen molar-refractivity contribution in [1.29, 1.82) is 0 Å². The number of halogens is 2. The first-order valence-electron chi connectivity index (χ1n) is 11.1. The molecule has 3 aromatic carbocycles. The maximum Gasteiger partial charge on any atom is 0.296 e. The molecule has 4 aromatic rings. The number of ketones is 1. The van der Waals surface area contributed by atoms with Gasteiger partial charge in [-0.2, -0.15) is 16.8 Å². The summed E-state index contributed by atoms with van der Waals surface area (Å²) in [6.07, 6.45) is 4.01. The number of aromatic nitrogens is 2. The van der Waals surface area contributed by atoms with Gasteiger partial charge < -0.3 is 4.74 Å². The Morgan fingerprint density at radius 3 is 2.18 bits per heavy atom. The number of carbonyl (C=O) groups is 1. The van der Waals surface area contributed by atoms with E-state index in [-0.39, 0.29) is 17.0 Å². The molecule has 39 heavy (non-hydrogen) atoms. The lowest BCUT2D eigenvalue weighted by Gasteiger charge is -2.27. The van der Waals surface area contributed by atoms with Crippen molar-refractivity contribution in [2.75, 3.05) is 5.88 Å². The molecule has 0 saturated carbocycles. The Kier molecular flexibility index (Phi) is 9.42. The molecule has 208 valence electrons. The van der Waals surface area contributed by atoms with E-state index >= 15 is 0 Å². The van der Waals surface area contributed by atoms with Crippen LogP contribution in [0.25, 0.3) is 10.8 Å². The van der Waals surface area contributed by atoms with Gasteiger partial charge in [0, 0.05) is 34.1 Å². The Morgan fingerprint density at radius 2 is 1.64 bits per heavy atom. The van der Waals surface area contributed by atoms with E-state index in [9.17, 15) is 21.6 Å². The van der Waals surface area contributed by atoms with Crippen LogP contribution in [-0.4, -0.2) is 47.2 Å². The number of nitrogens with zero attached hydrogens (tertiary/aromatic N) is 2. The van der Waals surface area contributed by atoms with E-state index < -0.39 is 41.7 Å². The molecule has 1 heterocycles. The van der Waals surface area contributed by atoms with E-state index in [1.165, 1.54) is 18.2 Å². The highest BCUT2D eigenvalue weighted by Gasteiger charge is 2.35. The Labute approximate surface area is 235 Å². The summed E-state index contributed by atoms with van der Waals surface area (Å²) in [6, 6.07) is 15.1. The lowest BCUT2D eigenvalue weighted by atomic mass is 9.89. The molecule has 14 heteroatoms. The summed E-state index contributed by atoms with van der Waals surface area (Å²) in [7, 11) is -9.53. The number of benzene rings is 3. The SMILES string of the molecule is CC(C)(CCl)C(=O)C(Oc1ccc(Cl)cc1)n1ccnc1.O=S(=O)(O)c1ccc2ccccc2c1S(=O)(=O)O. The van der Waals surface area contributed by atoms with Crippen LogP contribution in [0.4, 0.5) is 0 Å². The Morgan fingerprint density at radius 1 is 1.00 bits per heavy atom. The zero-order valence-corrected chi connectivity index (χ0v) is 23.7. The highest BCUT2D eigenvalue weighted by Crippen LogP contribution is 2.30. The van der Waals surface area contributed by atoms with Crippen LogP contribution in [0.1, 0.15) is 20.1 Å². The Bertz CT molecular complexity index is 1670. The summed E-state index contributed by atoms with van der Waals surface area (Å²) in [5.41, 5.74) is -0.705. The minimum Gasteiger partial charge on any atom is -0.463 e. The molecule has 0 aliphatic rings. The second kappa shape index (κ2) is 12.0. The molecule has 2 N–H and O–H groups in total. The predicted octanol–water partition coefficient (Wildman–Crippen LogP) is 5.28. The summed E-state index contributed by atoms with van der Waals surface area (Å²) in [6.45, 7) is 3.58. The van der Waals surface area contributed by atoms with Crippen molar-refractivity contribution in [3.8, 4) is 5.75 Å². The van der Waals surface area contributed by atoms with E-state index in [1.54, 1.807) is 73.5 Å².